The summed E-state index contributed by atoms with van der Waals surface area (Å²) in [6.07, 6.45) is -13.9. The minimum Gasteiger partial charge on any atom is -0.286 e. The molecule has 0 atom stereocenters. The van der Waals surface area contributed by atoms with E-state index in [4.69, 9.17) is 4.55 Å². The van der Waals surface area contributed by atoms with E-state index in [1.807, 2.05) is 0 Å². The first-order valence-electron chi connectivity index (χ1n) is 10.9. The molecule has 1 N–H and O–H groups in total. The summed E-state index contributed by atoms with van der Waals surface area (Å²) in [5.41, 5.74) is 0. The molecule has 0 radical (unpaired) electrons. The number of rotatable bonds is 16. The first kappa shape index (κ1) is 47.9. The minimum absolute atomic E-state index is 2.21. The topological polar surface area (TPSA) is 54.4 Å². The van der Waals surface area contributed by atoms with Gasteiger partial charge in [-0.2, -0.15) is 136 Å². The molecule has 0 bridgehead atoms. The summed E-state index contributed by atoms with van der Waals surface area (Å²) in [6.45, 7) is 0. The lowest BCUT2D eigenvalue weighted by atomic mass is 9.83. The second kappa shape index (κ2) is 11.9. The monoisotopic (exact) mass is 842 g/mol. The molecule has 0 fully saturated rings. The predicted octanol–water partition coefficient (Wildman–Crippen LogP) is 9.48. The lowest BCUT2D eigenvalue weighted by Crippen LogP contribution is -2.79. The highest BCUT2D eigenvalue weighted by Gasteiger charge is 3.00. The lowest BCUT2D eigenvalue weighted by Gasteiger charge is -2.46. The van der Waals surface area contributed by atoms with Crippen molar-refractivity contribution in [3.63, 3.8) is 0 Å². The van der Waals surface area contributed by atoms with E-state index in [9.17, 15) is 136 Å². The average Bonchev–Trinajstić information content (AvgIpc) is 2.85. The lowest BCUT2D eigenvalue weighted by molar-refractivity contribution is -0.487. The number of alkyl halides is 29. The summed E-state index contributed by atoms with van der Waals surface area (Å²) >= 11 is 0. The summed E-state index contributed by atoms with van der Waals surface area (Å²) in [6, 6.07) is 0. The van der Waals surface area contributed by atoms with Crippen LogP contribution in [0.2, 0.25) is 0 Å². The van der Waals surface area contributed by atoms with Gasteiger partial charge in [-0.1, -0.05) is 0 Å². The van der Waals surface area contributed by atoms with Crippen LogP contribution in [-0.4, -0.2) is 102 Å². The van der Waals surface area contributed by atoms with Crippen LogP contribution in [0.1, 0.15) is 12.8 Å². The van der Waals surface area contributed by atoms with Crippen molar-refractivity contribution in [1.29, 1.82) is 0 Å². The first-order chi connectivity index (χ1) is 21.0. The van der Waals surface area contributed by atoms with Crippen molar-refractivity contribution in [1.82, 2.24) is 0 Å². The van der Waals surface area contributed by atoms with Crippen molar-refractivity contribution < 1.29 is 140 Å². The minimum atomic E-state index is -9.99. The molecule has 0 amide bonds. The Morgan fingerprint density at radius 1 is 0.320 bits per heavy atom. The highest BCUT2D eigenvalue weighted by atomic mass is 32.2. The third kappa shape index (κ3) is 6.12. The maximum absolute atomic E-state index is 13.8. The van der Waals surface area contributed by atoms with Crippen LogP contribution in [0, 0.1) is 0 Å². The van der Waals surface area contributed by atoms with Crippen LogP contribution >= 0.6 is 0 Å². The Hall–Kier alpha value is -2.12. The predicted molar refractivity (Wildman–Crippen MR) is 96.0 cm³/mol. The second-order valence-electron chi connectivity index (χ2n) is 9.48. The van der Waals surface area contributed by atoms with E-state index in [-0.39, 0.29) is 0 Å². The van der Waals surface area contributed by atoms with Gasteiger partial charge in [0.15, 0.2) is 0 Å². The van der Waals surface area contributed by atoms with Gasteiger partial charge in [0.2, 0.25) is 0 Å². The maximum atomic E-state index is 13.8. The van der Waals surface area contributed by atoms with Crippen molar-refractivity contribution in [3.05, 3.63) is 0 Å². The van der Waals surface area contributed by atoms with Crippen LogP contribution in [0.25, 0.3) is 0 Å². The van der Waals surface area contributed by atoms with Gasteiger partial charge in [0.1, 0.15) is 0 Å². The summed E-state index contributed by atoms with van der Waals surface area (Å²) < 4.78 is 418. The average molecular weight is 842 g/mol. The van der Waals surface area contributed by atoms with Crippen LogP contribution in [0.15, 0.2) is 0 Å². The molecule has 0 aromatic heterocycles. The zero-order valence-electron chi connectivity index (χ0n) is 21.8. The van der Waals surface area contributed by atoms with E-state index in [2.05, 4.69) is 0 Å². The Kier molecular flexibility index (Phi) is 11.4. The second-order valence-corrected chi connectivity index (χ2v) is 11.1. The molecule has 3 nitrogen and oxygen atoms in total. The molecule has 33 heteroatoms. The number of hydrogen-bond donors (Lipinski definition) is 1. The van der Waals surface area contributed by atoms with Gasteiger partial charge in [-0.15, -0.1) is 0 Å². The molecule has 0 rings (SSSR count). The van der Waals surface area contributed by atoms with Gasteiger partial charge in [0.25, 0.3) is 10.1 Å². The maximum Gasteiger partial charge on any atom is 0.460 e. The smallest absolute Gasteiger partial charge is 0.286 e. The van der Waals surface area contributed by atoms with Crippen molar-refractivity contribution >= 4 is 10.1 Å². The van der Waals surface area contributed by atoms with Gasteiger partial charge in [-0.3, -0.25) is 4.55 Å². The molecule has 0 aliphatic heterocycles. The standard InChI is InChI=1S/C17H7F29O3S/c18-4(19,2-1-3-50(47,48)49)5(20,21)6(22,23)7(24,25)8(26,27)9(28,29)10(30,31)11(32,33)12(34,35)13(36,37)14(38,39)15(40,41)16(42,43)17(44,45)46/h1-3H2,(H,47,48,49). The van der Waals surface area contributed by atoms with E-state index in [1.165, 1.54) is 0 Å². The van der Waals surface area contributed by atoms with Crippen LogP contribution < -0.4 is 0 Å². The Bertz CT molecular complexity index is 1340. The summed E-state index contributed by atoms with van der Waals surface area (Å²) in [4.78, 5) is 0. The highest BCUT2D eigenvalue weighted by Crippen LogP contribution is 2.69. The third-order valence-corrected chi connectivity index (χ3v) is 6.85. The molecule has 0 saturated carbocycles. The molecular weight excluding hydrogens is 835 g/mol. The van der Waals surface area contributed by atoms with Gasteiger partial charge < -0.3 is 0 Å². The zero-order chi connectivity index (χ0) is 41.6. The summed E-state index contributed by atoms with van der Waals surface area (Å²) in [5, 5.41) is 0. The van der Waals surface area contributed by atoms with Crippen LogP contribution in [0.3, 0.4) is 0 Å². The molecule has 0 aliphatic carbocycles. The molecule has 0 spiro atoms. The summed E-state index contributed by atoms with van der Waals surface area (Å²) in [7, 11) is -5.56. The molecule has 0 aromatic rings. The van der Waals surface area contributed by atoms with Crippen molar-refractivity contribution in [3.8, 4) is 0 Å². The molecular formula is C17H7F29O3S. The summed E-state index contributed by atoms with van der Waals surface area (Å²) in [5.74, 6) is -124. The van der Waals surface area contributed by atoms with Gasteiger partial charge in [0, 0.05) is 6.42 Å². The van der Waals surface area contributed by atoms with E-state index in [1.54, 1.807) is 0 Å². The van der Waals surface area contributed by atoms with Gasteiger partial charge in [-0.05, 0) is 6.42 Å². The fourth-order valence-electron chi connectivity index (χ4n) is 3.01. The molecule has 0 aromatic carbocycles. The molecule has 0 saturated heterocycles. The first-order valence-corrected chi connectivity index (χ1v) is 12.5. The van der Waals surface area contributed by atoms with E-state index < -0.39 is 112 Å². The van der Waals surface area contributed by atoms with Crippen molar-refractivity contribution in [2.45, 2.75) is 96.0 Å². The fraction of sp³-hybridized carbons (Fsp3) is 1.00. The largest absolute Gasteiger partial charge is 0.460 e. The van der Waals surface area contributed by atoms with Gasteiger partial charge >= 0.3 is 83.2 Å². The normalized spacial score (nSPS) is 17.0. The van der Waals surface area contributed by atoms with Crippen LogP contribution in [0.4, 0.5) is 127 Å². The Morgan fingerprint density at radius 2 is 0.500 bits per heavy atom. The quantitative estimate of drug-likeness (QED) is 0.125. The fourth-order valence-corrected chi connectivity index (χ4v) is 3.52. The molecule has 50 heavy (non-hydrogen) atoms. The number of halogens is 29. The van der Waals surface area contributed by atoms with Gasteiger partial charge in [-0.25, -0.2) is 0 Å². The van der Waals surface area contributed by atoms with E-state index in [0.29, 0.717) is 0 Å². The Balaban J connectivity index is 7.43. The molecule has 0 heterocycles. The number of hydrogen-bond acceptors (Lipinski definition) is 2. The van der Waals surface area contributed by atoms with Crippen LogP contribution in [0.5, 0.6) is 0 Å². The van der Waals surface area contributed by atoms with Crippen LogP contribution in [-0.2, 0) is 10.1 Å². The zero-order valence-corrected chi connectivity index (χ0v) is 22.6. The van der Waals surface area contributed by atoms with Crippen molar-refractivity contribution in [2.75, 3.05) is 5.75 Å². The Labute approximate surface area is 253 Å². The van der Waals surface area contributed by atoms with E-state index in [0.717, 1.165) is 0 Å². The molecule has 0 unspecified atom stereocenters. The molecule has 0 aliphatic rings. The van der Waals surface area contributed by atoms with Gasteiger partial charge in [0.05, 0.1) is 5.75 Å². The Morgan fingerprint density at radius 3 is 0.680 bits per heavy atom. The van der Waals surface area contributed by atoms with Crippen molar-refractivity contribution in [2.24, 2.45) is 0 Å². The van der Waals surface area contributed by atoms with E-state index >= 15 is 0 Å². The highest BCUT2D eigenvalue weighted by molar-refractivity contribution is 7.85. The third-order valence-electron chi connectivity index (χ3n) is 6.05. The SMILES string of the molecule is O=S(=O)(O)CCCC(F)(F)C(F)(F)C(F)(F)C(F)(F)C(F)(F)C(F)(F)C(F)(F)C(F)(F)C(F)(F)C(F)(F)C(F)(F)C(F)(F)C(F)(F)C(F)(F)F. The molecule has 302 valence electrons.